The second-order valence-corrected chi connectivity index (χ2v) is 6.60. The number of fused-ring (bicyclic) bond motifs is 4. The first-order valence-electron chi connectivity index (χ1n) is 8.29. The van der Waals surface area contributed by atoms with Gasteiger partial charge in [0.25, 0.3) is 5.91 Å². The molecule has 0 bridgehead atoms. The van der Waals surface area contributed by atoms with Gasteiger partial charge in [-0.05, 0) is 23.3 Å². The van der Waals surface area contributed by atoms with Crippen molar-refractivity contribution < 1.29 is 29.6 Å². The zero-order valence-corrected chi connectivity index (χ0v) is 14.2. The summed E-state index contributed by atoms with van der Waals surface area (Å²) in [6.07, 6.45) is -0.766. The second-order valence-electron chi connectivity index (χ2n) is 6.60. The lowest BCUT2D eigenvalue weighted by Gasteiger charge is -2.40. The highest BCUT2D eigenvalue weighted by Gasteiger charge is 2.44. The van der Waals surface area contributed by atoms with E-state index in [-0.39, 0.29) is 6.79 Å². The number of rotatable bonds is 3. The van der Waals surface area contributed by atoms with E-state index in [9.17, 15) is 20.1 Å². The smallest absolute Gasteiger partial charge is 0.254 e. The predicted octanol–water partition coefficient (Wildman–Crippen LogP) is -0.371. The van der Waals surface area contributed by atoms with Crippen molar-refractivity contribution in [2.45, 2.75) is 24.4 Å². The van der Waals surface area contributed by atoms with Crippen molar-refractivity contribution in [3.05, 3.63) is 35.9 Å². The Morgan fingerprint density at radius 2 is 2.12 bits per heavy atom. The van der Waals surface area contributed by atoms with Gasteiger partial charge < -0.3 is 35.0 Å². The fraction of sp³-hybridized carbons (Fsp3) is 0.389. The summed E-state index contributed by atoms with van der Waals surface area (Å²) in [5.41, 5.74) is 2.01. The van der Waals surface area contributed by atoms with Crippen molar-refractivity contribution in [2.75, 3.05) is 25.3 Å². The highest BCUT2D eigenvalue weighted by molar-refractivity contribution is 6.10. The number of aliphatic hydroxyl groups excluding tert-OH is 3. The van der Waals surface area contributed by atoms with Gasteiger partial charge in [0.05, 0.1) is 17.3 Å². The number of anilines is 1. The van der Waals surface area contributed by atoms with Crippen molar-refractivity contribution in [3.8, 4) is 11.5 Å². The predicted molar refractivity (Wildman–Crippen MR) is 93.3 cm³/mol. The number of ether oxygens (including phenoxy) is 2. The maximum Gasteiger partial charge on any atom is 0.254 e. The van der Waals surface area contributed by atoms with E-state index >= 15 is 0 Å². The molecule has 138 valence electrons. The molecule has 0 unspecified atom stereocenters. The maximum absolute atomic E-state index is 12.9. The molecule has 2 aliphatic heterocycles. The standard InChI is InChI=1S/C18H20N2O6/c1-3-4-20(2)14-12-8(6-11-17(14)26-7-25-11)9-5-10(21)15(22)16(23)13(9)19-18(12)24/h3,5-6,10,13,15-16,21-23H,1,4,7H2,2H3,(H,19,24)/t10-,13+,15+,16-/m0/s1. The molecule has 0 saturated heterocycles. The molecule has 1 aromatic rings. The monoisotopic (exact) mass is 360 g/mol. The Balaban J connectivity index is 1.96. The van der Waals surface area contributed by atoms with Crippen molar-refractivity contribution in [1.82, 2.24) is 5.32 Å². The van der Waals surface area contributed by atoms with E-state index in [1.54, 1.807) is 19.2 Å². The van der Waals surface area contributed by atoms with Crippen LogP contribution >= 0.6 is 0 Å². The van der Waals surface area contributed by atoms with Crippen LogP contribution in [0.4, 0.5) is 5.69 Å². The van der Waals surface area contributed by atoms with E-state index in [1.807, 2.05) is 4.90 Å². The van der Waals surface area contributed by atoms with Gasteiger partial charge in [-0.25, -0.2) is 0 Å². The number of likely N-dealkylation sites (N-methyl/N-ethyl adjacent to an activating group) is 1. The summed E-state index contributed by atoms with van der Waals surface area (Å²) in [7, 11) is 1.81. The SMILES string of the molecule is C=CCN(C)c1c2c(cc3c1C(=O)N[C@@H]1C3=C[C@H](O)[C@@H](O)[C@H]1O)OCO2. The fourth-order valence-electron chi connectivity index (χ4n) is 3.74. The topological polar surface area (TPSA) is 111 Å². The number of amides is 1. The summed E-state index contributed by atoms with van der Waals surface area (Å²) < 4.78 is 11.1. The number of nitrogens with one attached hydrogen (secondary N) is 1. The van der Waals surface area contributed by atoms with Gasteiger partial charge in [-0.15, -0.1) is 6.58 Å². The summed E-state index contributed by atoms with van der Waals surface area (Å²) in [6.45, 7) is 4.25. The van der Waals surface area contributed by atoms with E-state index in [1.165, 1.54) is 6.08 Å². The van der Waals surface area contributed by atoms with Gasteiger partial charge >= 0.3 is 0 Å². The Labute approximate surface area is 149 Å². The van der Waals surface area contributed by atoms with Crippen LogP contribution in [0.2, 0.25) is 0 Å². The molecule has 0 spiro atoms. The van der Waals surface area contributed by atoms with Crippen LogP contribution < -0.4 is 19.7 Å². The van der Waals surface area contributed by atoms with Crippen LogP contribution in [0, 0.1) is 0 Å². The molecule has 4 N–H and O–H groups in total. The van der Waals surface area contributed by atoms with Gasteiger partial charge in [0.15, 0.2) is 11.5 Å². The minimum absolute atomic E-state index is 0.0429. The van der Waals surface area contributed by atoms with E-state index in [2.05, 4.69) is 11.9 Å². The summed E-state index contributed by atoms with van der Waals surface area (Å²) in [5.74, 6) is 0.562. The molecule has 8 heteroatoms. The fourth-order valence-corrected chi connectivity index (χ4v) is 3.74. The van der Waals surface area contributed by atoms with Crippen LogP contribution in [0.25, 0.3) is 5.57 Å². The zero-order valence-electron chi connectivity index (χ0n) is 14.2. The Hall–Kier alpha value is -2.55. The maximum atomic E-state index is 12.9. The third kappa shape index (κ3) is 2.30. The van der Waals surface area contributed by atoms with Crippen molar-refractivity contribution in [3.63, 3.8) is 0 Å². The molecule has 1 aromatic carbocycles. The number of benzene rings is 1. The van der Waals surface area contributed by atoms with Gasteiger partial charge in [-0.2, -0.15) is 0 Å². The lowest BCUT2D eigenvalue weighted by molar-refractivity contribution is -0.0534. The number of aliphatic hydroxyl groups is 3. The Morgan fingerprint density at radius 1 is 1.35 bits per heavy atom. The van der Waals surface area contributed by atoms with E-state index in [0.29, 0.717) is 40.4 Å². The molecular weight excluding hydrogens is 340 g/mol. The first-order valence-corrected chi connectivity index (χ1v) is 8.29. The second kappa shape index (κ2) is 6.01. The largest absolute Gasteiger partial charge is 0.453 e. The average molecular weight is 360 g/mol. The highest BCUT2D eigenvalue weighted by atomic mass is 16.7. The van der Waals surface area contributed by atoms with Crippen LogP contribution in [0.1, 0.15) is 15.9 Å². The number of hydrogen-bond acceptors (Lipinski definition) is 7. The van der Waals surface area contributed by atoms with Gasteiger partial charge in [0.1, 0.15) is 18.3 Å². The quantitative estimate of drug-likeness (QED) is 0.544. The van der Waals surface area contributed by atoms with Crippen molar-refractivity contribution in [1.29, 1.82) is 0 Å². The zero-order chi connectivity index (χ0) is 18.6. The number of hydrogen-bond donors (Lipinski definition) is 4. The molecule has 0 radical (unpaired) electrons. The number of carbonyl (C=O) groups is 1. The number of carbonyl (C=O) groups excluding carboxylic acids is 1. The molecule has 3 aliphatic rings. The summed E-state index contributed by atoms with van der Waals surface area (Å²) >= 11 is 0. The summed E-state index contributed by atoms with van der Waals surface area (Å²) in [5, 5.41) is 33.0. The average Bonchev–Trinajstić information content (AvgIpc) is 3.08. The number of nitrogens with zero attached hydrogens (tertiary/aromatic N) is 1. The Bertz CT molecular complexity index is 820. The van der Waals surface area contributed by atoms with E-state index in [0.717, 1.165) is 0 Å². The minimum Gasteiger partial charge on any atom is -0.453 e. The third-order valence-corrected chi connectivity index (χ3v) is 4.97. The lowest BCUT2D eigenvalue weighted by Crippen LogP contribution is -2.57. The summed E-state index contributed by atoms with van der Waals surface area (Å²) in [6, 6.07) is 0.865. The van der Waals surface area contributed by atoms with Crippen LogP contribution in [0.15, 0.2) is 24.8 Å². The molecule has 2 heterocycles. The van der Waals surface area contributed by atoms with Crippen LogP contribution in [-0.2, 0) is 0 Å². The van der Waals surface area contributed by atoms with Crippen LogP contribution in [0.5, 0.6) is 11.5 Å². The molecule has 8 nitrogen and oxygen atoms in total. The normalized spacial score (nSPS) is 28.6. The summed E-state index contributed by atoms with van der Waals surface area (Å²) in [4.78, 5) is 14.7. The molecule has 1 aliphatic carbocycles. The molecular formula is C18H20N2O6. The molecule has 0 aromatic heterocycles. The van der Waals surface area contributed by atoms with Crippen LogP contribution in [0.3, 0.4) is 0 Å². The molecule has 26 heavy (non-hydrogen) atoms. The molecule has 0 fully saturated rings. The molecule has 1 amide bonds. The van der Waals surface area contributed by atoms with Crippen molar-refractivity contribution in [2.24, 2.45) is 0 Å². The van der Waals surface area contributed by atoms with E-state index < -0.39 is 30.3 Å². The first kappa shape index (κ1) is 16.9. The van der Waals surface area contributed by atoms with E-state index in [4.69, 9.17) is 9.47 Å². The first-order chi connectivity index (χ1) is 12.4. The van der Waals surface area contributed by atoms with Gasteiger partial charge in [0.2, 0.25) is 6.79 Å². The highest BCUT2D eigenvalue weighted by Crippen LogP contribution is 2.49. The van der Waals surface area contributed by atoms with Gasteiger partial charge in [-0.3, -0.25) is 4.79 Å². The third-order valence-electron chi connectivity index (χ3n) is 4.97. The van der Waals surface area contributed by atoms with Crippen LogP contribution in [-0.4, -0.2) is 66.0 Å². The van der Waals surface area contributed by atoms with Gasteiger partial charge in [0, 0.05) is 13.6 Å². The lowest BCUT2D eigenvalue weighted by atomic mass is 9.79. The minimum atomic E-state index is -1.37. The molecule has 0 saturated carbocycles. The van der Waals surface area contributed by atoms with Gasteiger partial charge in [-0.1, -0.05) is 6.08 Å². The van der Waals surface area contributed by atoms with Crippen molar-refractivity contribution >= 4 is 17.2 Å². The Morgan fingerprint density at radius 3 is 2.85 bits per heavy atom. The molecule has 4 atom stereocenters. The molecule has 4 rings (SSSR count). The Kier molecular flexibility index (Phi) is 3.91.